The van der Waals surface area contributed by atoms with Gasteiger partial charge in [0.2, 0.25) is 0 Å². The fourth-order valence-corrected chi connectivity index (χ4v) is 7.30. The second kappa shape index (κ2) is 13.0. The number of hydrogen-bond donors (Lipinski definition) is 0. The van der Waals surface area contributed by atoms with Gasteiger partial charge >= 0.3 is 0 Å². The second-order valence-electron chi connectivity index (χ2n) is 9.08. The minimum Gasteiger partial charge on any atom is -0.0917 e. The first kappa shape index (κ1) is 21.0. The van der Waals surface area contributed by atoms with Crippen LogP contribution in [0.3, 0.4) is 0 Å². The molecule has 1 unspecified atom stereocenters. The van der Waals surface area contributed by atoms with Crippen LogP contribution >= 0.6 is 0 Å². The third-order valence-corrected chi connectivity index (χ3v) is 9.37. The van der Waals surface area contributed by atoms with Gasteiger partial charge in [-0.2, -0.15) is 0 Å². The Bertz CT molecular complexity index is 370. The van der Waals surface area contributed by atoms with Crippen LogP contribution in [0.2, 0.25) is 11.6 Å². The van der Waals surface area contributed by atoms with Gasteiger partial charge in [0, 0.05) is 9.52 Å². The molecule has 2 saturated carbocycles. The molecule has 2 rings (SSSR count). The Hall–Kier alpha value is -0.303. The lowest BCUT2D eigenvalue weighted by Crippen LogP contribution is -2.13. The second-order valence-corrected chi connectivity index (χ2v) is 11.5. The Morgan fingerprint density at radius 2 is 1.76 bits per heavy atom. The first-order valence-corrected chi connectivity index (χ1v) is 13.4. The number of hydrogen-bond acceptors (Lipinski definition) is 0. The van der Waals surface area contributed by atoms with Gasteiger partial charge in [0.15, 0.2) is 0 Å². The summed E-state index contributed by atoms with van der Waals surface area (Å²) in [5, 5.41) is 0. The maximum Gasteiger partial charge on any atom is 0.0231 e. The van der Waals surface area contributed by atoms with Crippen LogP contribution in [-0.2, 0) is 0 Å². The molecule has 0 aromatic rings. The van der Waals surface area contributed by atoms with Gasteiger partial charge in [-0.1, -0.05) is 81.3 Å². The summed E-state index contributed by atoms with van der Waals surface area (Å²) in [6, 6.07) is 1.61. The summed E-state index contributed by atoms with van der Waals surface area (Å²) in [6.07, 6.45) is 28.9. The average molecular weight is 361 g/mol. The van der Waals surface area contributed by atoms with E-state index in [4.69, 9.17) is 0 Å². The minimum absolute atomic E-state index is 0.246. The molecule has 0 aromatic carbocycles. The zero-order valence-electron chi connectivity index (χ0n) is 17.2. The quantitative estimate of drug-likeness (QED) is 0.215. The van der Waals surface area contributed by atoms with E-state index in [9.17, 15) is 0 Å². The smallest absolute Gasteiger partial charge is 0.0231 e. The van der Waals surface area contributed by atoms with Crippen LogP contribution in [0.4, 0.5) is 0 Å². The molecule has 0 radical (unpaired) electrons. The van der Waals surface area contributed by atoms with E-state index < -0.39 is 0 Å². The third-order valence-electron chi connectivity index (χ3n) is 6.83. The summed E-state index contributed by atoms with van der Waals surface area (Å²) in [5.41, 5.74) is 1.21. The normalized spacial score (nSPS) is 27.8. The molecule has 0 bridgehead atoms. The van der Waals surface area contributed by atoms with E-state index in [1.807, 2.05) is 0 Å². The van der Waals surface area contributed by atoms with E-state index in [0.29, 0.717) is 0 Å². The van der Waals surface area contributed by atoms with Crippen LogP contribution in [0.1, 0.15) is 97.3 Å². The van der Waals surface area contributed by atoms with Crippen LogP contribution in [0, 0.1) is 17.8 Å². The highest BCUT2D eigenvalue weighted by Crippen LogP contribution is 2.33. The van der Waals surface area contributed by atoms with Crippen molar-refractivity contribution < 1.29 is 0 Å². The van der Waals surface area contributed by atoms with Crippen LogP contribution < -0.4 is 0 Å². The van der Waals surface area contributed by atoms with Gasteiger partial charge in [0.25, 0.3) is 0 Å². The SMILES string of the molecule is C/C=C/CC[C@H]1CC[C@H](/C=C/C(C)CCC[SiH2]C2CCCCC2)CC1. The molecule has 1 heteroatoms. The molecule has 0 aromatic heterocycles. The Kier molecular flexibility index (Phi) is 10.9. The van der Waals surface area contributed by atoms with Gasteiger partial charge in [-0.3, -0.25) is 0 Å². The molecule has 0 nitrogen and oxygen atoms in total. The largest absolute Gasteiger partial charge is 0.0917 e. The molecular weight excluding hydrogens is 316 g/mol. The van der Waals surface area contributed by atoms with Gasteiger partial charge in [0.1, 0.15) is 0 Å². The van der Waals surface area contributed by atoms with Gasteiger partial charge in [-0.15, -0.1) is 0 Å². The van der Waals surface area contributed by atoms with Gasteiger partial charge in [0.05, 0.1) is 0 Å². The third kappa shape index (κ3) is 9.27. The highest BCUT2D eigenvalue weighted by atomic mass is 28.2. The summed E-state index contributed by atoms with van der Waals surface area (Å²) in [5.74, 6) is 2.70. The fraction of sp³-hybridized carbons (Fsp3) is 0.833. The van der Waals surface area contributed by atoms with Crippen molar-refractivity contribution >= 4 is 9.52 Å². The van der Waals surface area contributed by atoms with E-state index >= 15 is 0 Å². The highest BCUT2D eigenvalue weighted by molar-refractivity contribution is 6.37. The summed E-state index contributed by atoms with van der Waals surface area (Å²) in [6.45, 7) is 4.59. The summed E-state index contributed by atoms with van der Waals surface area (Å²) in [7, 11) is 0.246. The van der Waals surface area contributed by atoms with Gasteiger partial charge in [-0.25, -0.2) is 0 Å². The molecule has 1 atom stereocenters. The molecule has 0 amide bonds. The minimum atomic E-state index is 0.246. The fourth-order valence-electron chi connectivity index (χ4n) is 4.99. The lowest BCUT2D eigenvalue weighted by atomic mass is 9.79. The van der Waals surface area contributed by atoms with E-state index in [-0.39, 0.29) is 9.52 Å². The molecule has 0 heterocycles. The summed E-state index contributed by atoms with van der Waals surface area (Å²) < 4.78 is 0. The molecule has 2 fully saturated rings. The van der Waals surface area contributed by atoms with E-state index in [1.54, 1.807) is 18.9 Å². The zero-order chi connectivity index (χ0) is 17.7. The van der Waals surface area contributed by atoms with Crippen molar-refractivity contribution in [1.29, 1.82) is 0 Å². The van der Waals surface area contributed by atoms with Crippen LogP contribution in [0.25, 0.3) is 0 Å². The molecule has 2 aliphatic carbocycles. The summed E-state index contributed by atoms with van der Waals surface area (Å²) in [4.78, 5) is 0. The molecular formula is C24H44Si. The molecule has 144 valence electrons. The van der Waals surface area contributed by atoms with Gasteiger partial charge in [-0.05, 0) is 69.6 Å². The number of allylic oxidation sites excluding steroid dienone is 4. The Balaban J connectivity index is 1.51. The average Bonchev–Trinajstić information content (AvgIpc) is 2.66. The lowest BCUT2D eigenvalue weighted by Gasteiger charge is -2.26. The molecule has 2 aliphatic rings. The zero-order valence-corrected chi connectivity index (χ0v) is 18.6. The monoisotopic (exact) mass is 360 g/mol. The van der Waals surface area contributed by atoms with Gasteiger partial charge < -0.3 is 0 Å². The van der Waals surface area contributed by atoms with E-state index in [1.165, 1.54) is 76.2 Å². The molecule has 0 aliphatic heterocycles. The maximum atomic E-state index is 2.59. The lowest BCUT2D eigenvalue weighted by molar-refractivity contribution is 0.296. The van der Waals surface area contributed by atoms with Crippen molar-refractivity contribution in [3.8, 4) is 0 Å². The van der Waals surface area contributed by atoms with Crippen LogP contribution in [0.15, 0.2) is 24.3 Å². The molecule has 0 spiro atoms. The predicted molar refractivity (Wildman–Crippen MR) is 117 cm³/mol. The van der Waals surface area contributed by atoms with Crippen LogP contribution in [0.5, 0.6) is 0 Å². The van der Waals surface area contributed by atoms with E-state index in [2.05, 4.69) is 38.2 Å². The number of rotatable bonds is 10. The molecule has 0 N–H and O–H groups in total. The highest BCUT2D eigenvalue weighted by Gasteiger charge is 2.19. The van der Waals surface area contributed by atoms with Crippen molar-refractivity contribution in [3.63, 3.8) is 0 Å². The molecule has 25 heavy (non-hydrogen) atoms. The first-order valence-electron chi connectivity index (χ1n) is 11.6. The Morgan fingerprint density at radius 3 is 2.48 bits per heavy atom. The van der Waals surface area contributed by atoms with Crippen LogP contribution in [-0.4, -0.2) is 9.52 Å². The standard InChI is InChI=1S/C24H44Si/c1-3-4-6-11-22-16-18-23(19-17-22)15-14-21(2)10-9-20-25-24-12-7-5-8-13-24/h3-4,14-15,21-24H,5-13,16-20,25H2,1-2H3/b4-3+,15-14+/t21?,22-,23-. The van der Waals surface area contributed by atoms with Crippen molar-refractivity contribution in [1.82, 2.24) is 0 Å². The topological polar surface area (TPSA) is 0 Å². The van der Waals surface area contributed by atoms with Crippen molar-refractivity contribution in [2.45, 2.75) is 109 Å². The maximum absolute atomic E-state index is 2.59. The molecule has 0 saturated heterocycles. The predicted octanol–water partition coefficient (Wildman–Crippen LogP) is 7.46. The summed E-state index contributed by atoms with van der Waals surface area (Å²) >= 11 is 0. The van der Waals surface area contributed by atoms with Crippen molar-refractivity contribution in [2.24, 2.45) is 17.8 Å². The van der Waals surface area contributed by atoms with Crippen molar-refractivity contribution in [2.75, 3.05) is 0 Å². The van der Waals surface area contributed by atoms with Crippen molar-refractivity contribution in [3.05, 3.63) is 24.3 Å². The van der Waals surface area contributed by atoms with E-state index in [0.717, 1.165) is 17.8 Å². The Labute approximate surface area is 160 Å². The first-order chi connectivity index (χ1) is 12.3. The Morgan fingerprint density at radius 1 is 1.00 bits per heavy atom.